The van der Waals surface area contributed by atoms with Gasteiger partial charge in [0.25, 0.3) is 0 Å². The van der Waals surface area contributed by atoms with Gasteiger partial charge in [-0.25, -0.2) is 4.98 Å². The summed E-state index contributed by atoms with van der Waals surface area (Å²) in [5.41, 5.74) is 0.926. The van der Waals surface area contributed by atoms with Crippen LogP contribution in [-0.4, -0.2) is 28.2 Å². The van der Waals surface area contributed by atoms with E-state index in [1.165, 1.54) is 12.8 Å². The molecule has 0 unspecified atom stereocenters. The number of furan rings is 1. The lowest BCUT2D eigenvalue weighted by atomic mass is 10.0. The molecule has 1 aliphatic rings. The van der Waals surface area contributed by atoms with Gasteiger partial charge >= 0.3 is 0 Å². The Morgan fingerprint density at radius 3 is 3.08 bits per heavy atom. The fourth-order valence-electron chi connectivity index (χ4n) is 2.89. The molecule has 0 saturated carbocycles. The Morgan fingerprint density at radius 2 is 2.33 bits per heavy atom. The number of thiocarbonyl (C=S) groups is 1. The molecule has 0 aromatic carbocycles. The fourth-order valence-corrected chi connectivity index (χ4v) is 3.06. The van der Waals surface area contributed by atoms with E-state index < -0.39 is 0 Å². The summed E-state index contributed by atoms with van der Waals surface area (Å²) in [5, 5.41) is 6.64. The van der Waals surface area contributed by atoms with Gasteiger partial charge in [-0.3, -0.25) is 0 Å². The maximum absolute atomic E-state index is 5.31. The molecule has 7 heteroatoms. The van der Waals surface area contributed by atoms with E-state index in [4.69, 9.17) is 16.6 Å². The van der Waals surface area contributed by atoms with Gasteiger partial charge in [0.15, 0.2) is 5.11 Å². The number of rotatable bonds is 4. The summed E-state index contributed by atoms with van der Waals surface area (Å²) >= 11 is 5.31. The summed E-state index contributed by atoms with van der Waals surface area (Å²) in [5.74, 6) is 3.01. The SMILES string of the molecule is Cc1cc(N2CCC[C@@H](C)C2)nc(NC(=S)NCc2ccco2)n1. The van der Waals surface area contributed by atoms with Crippen LogP contribution in [-0.2, 0) is 6.54 Å². The van der Waals surface area contributed by atoms with Crippen LogP contribution in [0.25, 0.3) is 0 Å². The Balaban J connectivity index is 1.63. The molecule has 1 aliphatic heterocycles. The number of nitrogens with zero attached hydrogens (tertiary/aromatic N) is 3. The number of aromatic nitrogens is 2. The van der Waals surface area contributed by atoms with Crippen LogP contribution in [0.2, 0.25) is 0 Å². The number of aryl methyl sites for hydroxylation is 1. The second kappa shape index (κ2) is 7.61. The topological polar surface area (TPSA) is 66.2 Å². The maximum atomic E-state index is 5.31. The molecule has 3 rings (SSSR count). The molecule has 2 N–H and O–H groups in total. The molecule has 2 aromatic heterocycles. The molecule has 1 atom stereocenters. The highest BCUT2D eigenvalue weighted by atomic mass is 32.1. The van der Waals surface area contributed by atoms with Crippen LogP contribution >= 0.6 is 12.2 Å². The Hall–Kier alpha value is -2.15. The van der Waals surface area contributed by atoms with E-state index >= 15 is 0 Å². The Morgan fingerprint density at radius 1 is 1.46 bits per heavy atom. The molecule has 0 amide bonds. The van der Waals surface area contributed by atoms with E-state index in [0.717, 1.165) is 30.4 Å². The van der Waals surface area contributed by atoms with Gasteiger partial charge in [0, 0.05) is 24.8 Å². The van der Waals surface area contributed by atoms with Crippen molar-refractivity contribution in [1.82, 2.24) is 15.3 Å². The van der Waals surface area contributed by atoms with Crippen molar-refractivity contribution in [3.8, 4) is 0 Å². The lowest BCUT2D eigenvalue weighted by Gasteiger charge is -2.32. The van der Waals surface area contributed by atoms with Crippen LogP contribution in [0.15, 0.2) is 28.9 Å². The summed E-state index contributed by atoms with van der Waals surface area (Å²) in [4.78, 5) is 11.4. The quantitative estimate of drug-likeness (QED) is 0.825. The van der Waals surface area contributed by atoms with Crippen molar-refractivity contribution >= 4 is 29.1 Å². The van der Waals surface area contributed by atoms with Crippen molar-refractivity contribution < 1.29 is 4.42 Å². The highest BCUT2D eigenvalue weighted by Crippen LogP contribution is 2.22. The van der Waals surface area contributed by atoms with Gasteiger partial charge in [0.1, 0.15) is 11.6 Å². The van der Waals surface area contributed by atoms with E-state index in [0.29, 0.717) is 23.5 Å². The van der Waals surface area contributed by atoms with Gasteiger partial charge in [0.2, 0.25) is 5.95 Å². The number of anilines is 2. The minimum Gasteiger partial charge on any atom is -0.467 e. The summed E-state index contributed by atoms with van der Waals surface area (Å²) in [6, 6.07) is 5.78. The Bertz CT molecular complexity index is 688. The van der Waals surface area contributed by atoms with Gasteiger partial charge in [-0.1, -0.05) is 6.92 Å². The normalized spacial score (nSPS) is 17.6. The first kappa shape index (κ1) is 16.7. The first-order valence-electron chi connectivity index (χ1n) is 8.28. The molecule has 128 valence electrons. The number of nitrogens with one attached hydrogen (secondary N) is 2. The highest BCUT2D eigenvalue weighted by Gasteiger charge is 2.18. The molecule has 0 bridgehead atoms. The smallest absolute Gasteiger partial charge is 0.231 e. The monoisotopic (exact) mass is 345 g/mol. The lowest BCUT2D eigenvalue weighted by Crippen LogP contribution is -2.35. The van der Waals surface area contributed by atoms with Crippen LogP contribution in [0, 0.1) is 12.8 Å². The number of piperidine rings is 1. The van der Waals surface area contributed by atoms with Crippen molar-refractivity contribution in [2.45, 2.75) is 33.2 Å². The largest absolute Gasteiger partial charge is 0.467 e. The van der Waals surface area contributed by atoms with Crippen molar-refractivity contribution in [1.29, 1.82) is 0 Å². The molecule has 3 heterocycles. The zero-order valence-corrected chi connectivity index (χ0v) is 14.9. The van der Waals surface area contributed by atoms with E-state index in [1.54, 1.807) is 6.26 Å². The predicted octanol–water partition coefficient (Wildman–Crippen LogP) is 3.10. The van der Waals surface area contributed by atoms with E-state index in [2.05, 4.69) is 32.4 Å². The molecule has 0 radical (unpaired) electrons. The van der Waals surface area contributed by atoms with Crippen LogP contribution < -0.4 is 15.5 Å². The molecular weight excluding hydrogens is 322 g/mol. The van der Waals surface area contributed by atoms with Gasteiger partial charge in [-0.15, -0.1) is 0 Å². The van der Waals surface area contributed by atoms with E-state index in [-0.39, 0.29) is 0 Å². The predicted molar refractivity (Wildman–Crippen MR) is 99.1 cm³/mol. The Kier molecular flexibility index (Phi) is 5.30. The highest BCUT2D eigenvalue weighted by molar-refractivity contribution is 7.80. The lowest BCUT2D eigenvalue weighted by molar-refractivity contribution is 0.444. The molecule has 0 aliphatic carbocycles. The van der Waals surface area contributed by atoms with Crippen molar-refractivity contribution in [3.63, 3.8) is 0 Å². The second-order valence-electron chi connectivity index (χ2n) is 6.27. The zero-order valence-electron chi connectivity index (χ0n) is 14.1. The summed E-state index contributed by atoms with van der Waals surface area (Å²) in [6.07, 6.45) is 4.13. The first-order chi connectivity index (χ1) is 11.6. The summed E-state index contributed by atoms with van der Waals surface area (Å²) in [7, 11) is 0. The average Bonchev–Trinajstić information content (AvgIpc) is 3.06. The van der Waals surface area contributed by atoms with Crippen LogP contribution in [0.5, 0.6) is 0 Å². The van der Waals surface area contributed by atoms with Crippen LogP contribution in [0.3, 0.4) is 0 Å². The molecule has 24 heavy (non-hydrogen) atoms. The standard InChI is InChI=1S/C17H23N5OS/c1-12-5-3-7-22(11-12)15-9-13(2)19-16(20-15)21-17(24)18-10-14-6-4-8-23-14/h4,6,8-9,12H,3,5,7,10-11H2,1-2H3,(H2,18,19,20,21,24)/t12-/m1/s1. The first-order valence-corrected chi connectivity index (χ1v) is 8.69. The number of hydrogen-bond donors (Lipinski definition) is 2. The van der Waals surface area contributed by atoms with Crippen molar-refractivity contribution in [2.24, 2.45) is 5.92 Å². The van der Waals surface area contributed by atoms with Crippen molar-refractivity contribution in [3.05, 3.63) is 35.9 Å². The third-order valence-electron chi connectivity index (χ3n) is 4.05. The summed E-state index contributed by atoms with van der Waals surface area (Å²) < 4.78 is 5.27. The van der Waals surface area contributed by atoms with Gasteiger partial charge in [-0.05, 0) is 50.0 Å². The molecular formula is C17H23N5OS. The van der Waals surface area contributed by atoms with Gasteiger partial charge < -0.3 is 20.0 Å². The third-order valence-corrected chi connectivity index (χ3v) is 4.30. The fraction of sp³-hybridized carbons (Fsp3) is 0.471. The minimum absolute atomic E-state index is 0.481. The van der Waals surface area contributed by atoms with Gasteiger partial charge in [-0.2, -0.15) is 4.98 Å². The maximum Gasteiger partial charge on any atom is 0.231 e. The Labute approximate surface area is 147 Å². The molecule has 6 nitrogen and oxygen atoms in total. The van der Waals surface area contributed by atoms with Crippen LogP contribution in [0.1, 0.15) is 31.2 Å². The molecule has 0 spiro atoms. The van der Waals surface area contributed by atoms with Crippen LogP contribution in [0.4, 0.5) is 11.8 Å². The molecule has 1 saturated heterocycles. The van der Waals surface area contributed by atoms with Crippen molar-refractivity contribution in [2.75, 3.05) is 23.3 Å². The minimum atomic E-state index is 0.481. The number of hydrogen-bond acceptors (Lipinski definition) is 5. The molecule has 1 fully saturated rings. The average molecular weight is 345 g/mol. The van der Waals surface area contributed by atoms with E-state index in [9.17, 15) is 0 Å². The zero-order chi connectivity index (χ0) is 16.9. The second-order valence-corrected chi connectivity index (χ2v) is 6.68. The van der Waals surface area contributed by atoms with E-state index in [1.807, 2.05) is 25.1 Å². The molecule has 2 aromatic rings. The van der Waals surface area contributed by atoms with Gasteiger partial charge in [0.05, 0.1) is 12.8 Å². The third kappa shape index (κ3) is 4.44. The summed E-state index contributed by atoms with van der Waals surface area (Å²) in [6.45, 7) is 6.87.